The van der Waals surface area contributed by atoms with Gasteiger partial charge in [-0.3, -0.25) is 0 Å². The third-order valence-corrected chi connectivity index (χ3v) is 3.60. The zero-order chi connectivity index (χ0) is 11.3. The van der Waals surface area contributed by atoms with E-state index in [1.807, 2.05) is 0 Å². The molecule has 0 amide bonds. The Labute approximate surface area is 94.8 Å². The Balaban J connectivity index is 3.00. The molecule has 0 heteroatoms. The van der Waals surface area contributed by atoms with Crippen LogP contribution in [0.1, 0.15) is 52.9 Å². The van der Waals surface area contributed by atoms with Crippen molar-refractivity contribution in [3.8, 4) is 0 Å². The minimum atomic E-state index is 0.450. The molecule has 0 bridgehead atoms. The van der Waals surface area contributed by atoms with Crippen molar-refractivity contribution in [1.29, 1.82) is 0 Å². The number of rotatable bonds is 4. The van der Waals surface area contributed by atoms with Crippen LogP contribution in [-0.2, 0) is 0 Å². The normalized spacial score (nSPS) is 21.1. The molecule has 1 rings (SSSR count). The second-order valence-electron chi connectivity index (χ2n) is 4.79. The molecule has 84 valence electrons. The smallest absolute Gasteiger partial charge is 0.00496 e. The molecule has 0 nitrogen and oxygen atoms in total. The number of hydrogen-bond donors (Lipinski definition) is 0. The highest BCUT2D eigenvalue weighted by atomic mass is 14.4. The molecule has 0 heterocycles. The Hall–Kier alpha value is -0.780. The number of allylic oxidation sites excluding steroid dienone is 5. The maximum atomic E-state index is 4.00. The van der Waals surface area contributed by atoms with Crippen LogP contribution in [0.25, 0.3) is 0 Å². The Morgan fingerprint density at radius 3 is 2.33 bits per heavy atom. The van der Waals surface area contributed by atoms with Crippen LogP contribution in [0.5, 0.6) is 0 Å². The summed E-state index contributed by atoms with van der Waals surface area (Å²) in [6, 6.07) is 0. The van der Waals surface area contributed by atoms with Gasteiger partial charge in [0.1, 0.15) is 0 Å². The first-order valence-corrected chi connectivity index (χ1v) is 6.15. The molecular weight excluding hydrogens is 180 g/mol. The third-order valence-electron chi connectivity index (χ3n) is 3.60. The van der Waals surface area contributed by atoms with Crippen LogP contribution in [0.3, 0.4) is 0 Å². The van der Waals surface area contributed by atoms with Crippen LogP contribution in [0.15, 0.2) is 36.0 Å². The molecule has 0 spiro atoms. The van der Waals surface area contributed by atoms with Crippen molar-refractivity contribution in [1.82, 2.24) is 0 Å². The first-order chi connectivity index (χ1) is 7.14. The average Bonchev–Trinajstić information content (AvgIpc) is 2.66. The maximum absolute atomic E-state index is 4.00. The summed E-state index contributed by atoms with van der Waals surface area (Å²) in [4.78, 5) is 0. The van der Waals surface area contributed by atoms with E-state index in [1.165, 1.54) is 43.3 Å². The van der Waals surface area contributed by atoms with E-state index < -0.39 is 0 Å². The second-order valence-corrected chi connectivity index (χ2v) is 4.79. The van der Waals surface area contributed by atoms with Crippen molar-refractivity contribution >= 4 is 0 Å². The van der Waals surface area contributed by atoms with Crippen LogP contribution >= 0.6 is 0 Å². The SMILES string of the molecule is C=C(C)/C=C(\C=C/C)C1(CC)CCCC1. The first kappa shape index (κ1) is 12.3. The molecule has 1 saturated carbocycles. The molecule has 0 saturated heterocycles. The Morgan fingerprint density at radius 2 is 1.93 bits per heavy atom. The molecule has 0 radical (unpaired) electrons. The van der Waals surface area contributed by atoms with Crippen LogP contribution in [0, 0.1) is 5.41 Å². The van der Waals surface area contributed by atoms with E-state index in [1.54, 1.807) is 0 Å². The summed E-state index contributed by atoms with van der Waals surface area (Å²) in [7, 11) is 0. The van der Waals surface area contributed by atoms with Gasteiger partial charge in [-0.1, -0.05) is 50.1 Å². The zero-order valence-corrected chi connectivity index (χ0v) is 10.5. The fraction of sp³-hybridized carbons (Fsp3) is 0.600. The molecule has 0 aliphatic heterocycles. The monoisotopic (exact) mass is 204 g/mol. The average molecular weight is 204 g/mol. The highest BCUT2D eigenvalue weighted by Gasteiger charge is 2.34. The molecule has 1 aliphatic rings. The van der Waals surface area contributed by atoms with Crippen LogP contribution in [0.2, 0.25) is 0 Å². The van der Waals surface area contributed by atoms with Gasteiger partial charge in [0.25, 0.3) is 0 Å². The highest BCUT2D eigenvalue weighted by molar-refractivity contribution is 5.33. The summed E-state index contributed by atoms with van der Waals surface area (Å²) in [6.45, 7) is 10.5. The summed E-state index contributed by atoms with van der Waals surface area (Å²) in [5.74, 6) is 0. The van der Waals surface area contributed by atoms with E-state index in [-0.39, 0.29) is 0 Å². The molecule has 0 aromatic carbocycles. The van der Waals surface area contributed by atoms with Gasteiger partial charge in [-0.2, -0.15) is 0 Å². The van der Waals surface area contributed by atoms with E-state index in [0.717, 1.165) is 0 Å². The molecular formula is C15H24. The van der Waals surface area contributed by atoms with E-state index in [0.29, 0.717) is 5.41 Å². The molecule has 15 heavy (non-hydrogen) atoms. The van der Waals surface area contributed by atoms with Crippen molar-refractivity contribution in [2.24, 2.45) is 5.41 Å². The lowest BCUT2D eigenvalue weighted by atomic mass is 9.75. The summed E-state index contributed by atoms with van der Waals surface area (Å²) in [5, 5.41) is 0. The Bertz CT molecular complexity index is 272. The summed E-state index contributed by atoms with van der Waals surface area (Å²) in [5.41, 5.74) is 3.12. The fourth-order valence-electron chi connectivity index (χ4n) is 2.72. The van der Waals surface area contributed by atoms with Gasteiger partial charge in [0.15, 0.2) is 0 Å². The molecule has 0 aromatic heterocycles. The predicted octanol–water partition coefficient (Wildman–Crippen LogP) is 5.04. The molecule has 1 fully saturated rings. The first-order valence-electron chi connectivity index (χ1n) is 6.15. The van der Waals surface area contributed by atoms with Crippen molar-refractivity contribution in [2.75, 3.05) is 0 Å². The lowest BCUT2D eigenvalue weighted by Gasteiger charge is -2.29. The van der Waals surface area contributed by atoms with Crippen molar-refractivity contribution < 1.29 is 0 Å². The minimum Gasteiger partial charge on any atom is -0.0961 e. The van der Waals surface area contributed by atoms with Gasteiger partial charge >= 0.3 is 0 Å². The summed E-state index contributed by atoms with van der Waals surface area (Å²) >= 11 is 0. The van der Waals surface area contributed by atoms with Gasteiger partial charge in [0, 0.05) is 0 Å². The van der Waals surface area contributed by atoms with Gasteiger partial charge < -0.3 is 0 Å². The second kappa shape index (κ2) is 5.34. The molecule has 0 aromatic rings. The van der Waals surface area contributed by atoms with Gasteiger partial charge in [-0.15, -0.1) is 0 Å². The largest absolute Gasteiger partial charge is 0.0961 e. The molecule has 1 aliphatic carbocycles. The summed E-state index contributed by atoms with van der Waals surface area (Å²) < 4.78 is 0. The Morgan fingerprint density at radius 1 is 1.33 bits per heavy atom. The predicted molar refractivity (Wildman–Crippen MR) is 68.9 cm³/mol. The van der Waals surface area contributed by atoms with Crippen molar-refractivity contribution in [3.05, 3.63) is 36.0 Å². The zero-order valence-electron chi connectivity index (χ0n) is 10.5. The molecule has 0 unspecified atom stereocenters. The maximum Gasteiger partial charge on any atom is -0.00496 e. The van der Waals surface area contributed by atoms with Gasteiger partial charge in [-0.05, 0) is 44.1 Å². The van der Waals surface area contributed by atoms with Crippen LogP contribution in [0.4, 0.5) is 0 Å². The van der Waals surface area contributed by atoms with E-state index in [4.69, 9.17) is 0 Å². The lowest BCUT2D eigenvalue weighted by Crippen LogP contribution is -2.17. The van der Waals surface area contributed by atoms with E-state index in [9.17, 15) is 0 Å². The van der Waals surface area contributed by atoms with Gasteiger partial charge in [0.05, 0.1) is 0 Å². The van der Waals surface area contributed by atoms with Crippen molar-refractivity contribution in [2.45, 2.75) is 52.9 Å². The number of hydrogen-bond acceptors (Lipinski definition) is 0. The van der Waals surface area contributed by atoms with Crippen LogP contribution in [-0.4, -0.2) is 0 Å². The fourth-order valence-corrected chi connectivity index (χ4v) is 2.72. The van der Waals surface area contributed by atoms with Crippen molar-refractivity contribution in [3.63, 3.8) is 0 Å². The minimum absolute atomic E-state index is 0.450. The van der Waals surface area contributed by atoms with E-state index in [2.05, 4.69) is 45.6 Å². The topological polar surface area (TPSA) is 0 Å². The quantitative estimate of drug-likeness (QED) is 0.563. The summed E-state index contributed by atoms with van der Waals surface area (Å²) in [6.07, 6.45) is 13.5. The Kier molecular flexibility index (Phi) is 4.38. The molecule has 0 N–H and O–H groups in total. The lowest BCUT2D eigenvalue weighted by molar-refractivity contribution is 0.362. The third kappa shape index (κ3) is 2.84. The van der Waals surface area contributed by atoms with Crippen LogP contribution < -0.4 is 0 Å². The van der Waals surface area contributed by atoms with Gasteiger partial charge in [-0.25, -0.2) is 0 Å². The standard InChI is InChI=1S/C15H24/c1-5-9-14(12-13(3)4)15(6-2)10-7-8-11-15/h5,9,12H,3,6-8,10-11H2,1-2,4H3/b9-5-,14-12+. The highest BCUT2D eigenvalue weighted by Crippen LogP contribution is 2.47. The van der Waals surface area contributed by atoms with Gasteiger partial charge in [0.2, 0.25) is 0 Å². The van der Waals surface area contributed by atoms with E-state index >= 15 is 0 Å². The molecule has 0 atom stereocenters.